The molecule has 1 amide bonds. The van der Waals surface area contributed by atoms with Crippen molar-refractivity contribution in [3.8, 4) is 0 Å². The Morgan fingerprint density at radius 1 is 1.40 bits per heavy atom. The molecule has 0 aromatic carbocycles. The summed E-state index contributed by atoms with van der Waals surface area (Å²) in [6.07, 6.45) is -0.286. The normalized spacial score (nSPS) is 32.9. The molecular formula is C11H22NO6PS. The van der Waals surface area contributed by atoms with Crippen molar-refractivity contribution in [1.82, 2.24) is 5.32 Å². The fourth-order valence-corrected chi connectivity index (χ4v) is 3.50. The topological polar surface area (TPSA) is 86.3 Å². The van der Waals surface area contributed by atoms with Gasteiger partial charge in [-0.2, -0.15) is 0 Å². The van der Waals surface area contributed by atoms with Crippen molar-refractivity contribution in [1.29, 1.82) is 0 Å². The van der Waals surface area contributed by atoms with Gasteiger partial charge in [0.1, 0.15) is 12.2 Å². The number of methoxy groups -OCH3 is 2. The van der Waals surface area contributed by atoms with Crippen molar-refractivity contribution in [2.75, 3.05) is 27.9 Å². The quantitative estimate of drug-likeness (QED) is 0.655. The number of hydrogen-bond donors (Lipinski definition) is 2. The summed E-state index contributed by atoms with van der Waals surface area (Å²) in [5.74, 6) is -0.199. The average Bonchev–Trinajstić information content (AvgIpc) is 2.66. The SMILES string of the molecule is COC[C@H]1C[C@H](NC(C)=O)[C@@H](OC)C1OP(O)(=S)OC. The molecule has 2 N–H and O–H groups in total. The molecule has 1 fully saturated rings. The van der Waals surface area contributed by atoms with E-state index >= 15 is 0 Å². The van der Waals surface area contributed by atoms with Crippen molar-refractivity contribution in [2.24, 2.45) is 5.92 Å². The number of ether oxygens (including phenoxy) is 2. The number of rotatable bonds is 7. The van der Waals surface area contributed by atoms with Crippen LogP contribution in [0.2, 0.25) is 0 Å². The van der Waals surface area contributed by atoms with Gasteiger partial charge in [-0.1, -0.05) is 0 Å². The van der Waals surface area contributed by atoms with Crippen molar-refractivity contribution in [2.45, 2.75) is 31.6 Å². The van der Waals surface area contributed by atoms with Gasteiger partial charge in [0.15, 0.2) is 0 Å². The van der Waals surface area contributed by atoms with E-state index in [9.17, 15) is 9.69 Å². The van der Waals surface area contributed by atoms with E-state index in [1.54, 1.807) is 7.11 Å². The van der Waals surface area contributed by atoms with Crippen molar-refractivity contribution >= 4 is 24.4 Å². The zero-order valence-electron chi connectivity index (χ0n) is 12.1. The van der Waals surface area contributed by atoms with Crippen molar-refractivity contribution in [3.05, 3.63) is 0 Å². The number of carbonyl (C=O) groups is 1. The summed E-state index contributed by atoms with van der Waals surface area (Å²) in [7, 11) is 4.41. The Morgan fingerprint density at radius 2 is 2.05 bits per heavy atom. The van der Waals surface area contributed by atoms with Crippen LogP contribution in [-0.2, 0) is 35.1 Å². The van der Waals surface area contributed by atoms with Crippen LogP contribution in [0, 0.1) is 5.92 Å². The summed E-state index contributed by atoms with van der Waals surface area (Å²) in [5.41, 5.74) is 0. The zero-order chi connectivity index (χ0) is 15.3. The maximum atomic E-state index is 11.2. The molecule has 0 saturated heterocycles. The molecule has 7 nitrogen and oxygen atoms in total. The molecule has 0 radical (unpaired) electrons. The van der Waals surface area contributed by atoms with E-state index in [2.05, 4.69) is 5.32 Å². The highest BCUT2D eigenvalue weighted by Gasteiger charge is 2.47. The van der Waals surface area contributed by atoms with Crippen LogP contribution in [0.25, 0.3) is 0 Å². The third kappa shape index (κ3) is 4.73. The molecule has 0 heterocycles. The van der Waals surface area contributed by atoms with Crippen LogP contribution in [0.5, 0.6) is 0 Å². The van der Waals surface area contributed by atoms with Gasteiger partial charge in [-0.15, -0.1) is 0 Å². The van der Waals surface area contributed by atoms with Gasteiger partial charge in [0.05, 0.1) is 12.6 Å². The maximum Gasteiger partial charge on any atom is 0.324 e. The van der Waals surface area contributed by atoms with Gasteiger partial charge in [-0.25, -0.2) is 0 Å². The second kappa shape index (κ2) is 7.79. The van der Waals surface area contributed by atoms with E-state index in [-0.39, 0.29) is 17.9 Å². The summed E-state index contributed by atoms with van der Waals surface area (Å²) in [5, 5.41) is 2.82. The highest BCUT2D eigenvalue weighted by Crippen LogP contribution is 2.48. The van der Waals surface area contributed by atoms with Gasteiger partial charge in [-0.3, -0.25) is 4.79 Å². The van der Waals surface area contributed by atoms with Crippen LogP contribution >= 0.6 is 6.72 Å². The summed E-state index contributed by atoms with van der Waals surface area (Å²) in [6, 6.07) is -0.213. The Kier molecular flexibility index (Phi) is 7.00. The largest absolute Gasteiger partial charge is 0.384 e. The Labute approximate surface area is 124 Å². The molecule has 0 aliphatic heterocycles. The third-order valence-corrected chi connectivity index (χ3v) is 4.95. The monoisotopic (exact) mass is 327 g/mol. The Hall–Kier alpha value is -0.0800. The number of carbonyl (C=O) groups excluding carboxylic acids is 1. The van der Waals surface area contributed by atoms with Crippen LogP contribution in [0.15, 0.2) is 0 Å². The fourth-order valence-electron chi connectivity index (χ4n) is 2.51. The first-order valence-corrected chi connectivity index (χ1v) is 8.79. The van der Waals surface area contributed by atoms with E-state index in [4.69, 9.17) is 30.3 Å². The van der Waals surface area contributed by atoms with Crippen LogP contribution in [0.3, 0.4) is 0 Å². The summed E-state index contributed by atoms with van der Waals surface area (Å²) < 4.78 is 20.9. The Balaban J connectivity index is 2.89. The predicted molar refractivity (Wildman–Crippen MR) is 76.8 cm³/mol. The van der Waals surface area contributed by atoms with Gasteiger partial charge in [0.2, 0.25) is 5.91 Å². The number of nitrogens with one attached hydrogen (secondary N) is 1. The summed E-state index contributed by atoms with van der Waals surface area (Å²) in [4.78, 5) is 21.1. The van der Waals surface area contributed by atoms with Crippen molar-refractivity contribution < 1.29 is 28.2 Å². The van der Waals surface area contributed by atoms with E-state index in [0.717, 1.165) is 0 Å². The molecular weight excluding hydrogens is 305 g/mol. The minimum Gasteiger partial charge on any atom is -0.384 e. The van der Waals surface area contributed by atoms with Crippen LogP contribution in [0.1, 0.15) is 13.3 Å². The molecule has 20 heavy (non-hydrogen) atoms. The maximum absolute atomic E-state index is 11.2. The minimum atomic E-state index is -3.31. The van der Waals surface area contributed by atoms with Crippen LogP contribution in [0.4, 0.5) is 0 Å². The zero-order valence-corrected chi connectivity index (χ0v) is 13.8. The predicted octanol–water partition coefficient (Wildman–Crippen LogP) is 0.421. The Bertz CT molecular complexity index is 382. The standard InChI is InChI=1S/C11H22NO6PS/c1-7(13)12-9-5-8(6-15-2)10(11(9)16-3)18-19(14,20)17-4/h8-11H,5-6H2,1-4H3,(H,12,13)(H,14,20)/t8-,9+,10?,11-,19?/m1/s1. The molecule has 118 valence electrons. The van der Waals surface area contributed by atoms with Gasteiger partial charge in [0.25, 0.3) is 0 Å². The number of amides is 1. The van der Waals surface area contributed by atoms with Gasteiger partial charge >= 0.3 is 6.72 Å². The fraction of sp³-hybridized carbons (Fsp3) is 0.909. The lowest BCUT2D eigenvalue weighted by Crippen LogP contribution is -2.44. The molecule has 9 heteroatoms. The smallest absolute Gasteiger partial charge is 0.324 e. The molecule has 2 unspecified atom stereocenters. The van der Waals surface area contributed by atoms with Crippen molar-refractivity contribution in [3.63, 3.8) is 0 Å². The molecule has 0 bridgehead atoms. The van der Waals surface area contributed by atoms with E-state index < -0.39 is 18.9 Å². The number of hydrogen-bond acceptors (Lipinski definition) is 6. The molecule has 0 spiro atoms. The first kappa shape index (κ1) is 18.0. The molecule has 1 aliphatic rings. The molecule has 1 saturated carbocycles. The van der Waals surface area contributed by atoms with Gasteiger partial charge in [-0.05, 0) is 18.2 Å². The second-order valence-electron chi connectivity index (χ2n) is 4.68. The third-order valence-electron chi connectivity index (χ3n) is 3.27. The lowest BCUT2D eigenvalue weighted by Gasteiger charge is -2.28. The van der Waals surface area contributed by atoms with E-state index in [0.29, 0.717) is 13.0 Å². The van der Waals surface area contributed by atoms with Gasteiger partial charge < -0.3 is 28.7 Å². The summed E-state index contributed by atoms with van der Waals surface area (Å²) >= 11 is 4.88. The minimum absolute atomic E-state index is 0.0496. The highest BCUT2D eigenvalue weighted by atomic mass is 32.5. The first-order valence-electron chi connectivity index (χ1n) is 6.20. The van der Waals surface area contributed by atoms with Gasteiger partial charge in [0, 0.05) is 34.2 Å². The Morgan fingerprint density at radius 3 is 2.50 bits per heavy atom. The average molecular weight is 327 g/mol. The summed E-state index contributed by atoms with van der Waals surface area (Å²) in [6.45, 7) is -1.45. The first-order chi connectivity index (χ1) is 9.34. The molecule has 1 rings (SSSR count). The highest BCUT2D eigenvalue weighted by molar-refractivity contribution is 8.07. The molecule has 0 aromatic heterocycles. The molecule has 0 aromatic rings. The lowest BCUT2D eigenvalue weighted by atomic mass is 10.1. The second-order valence-corrected chi connectivity index (χ2v) is 7.58. The van der Waals surface area contributed by atoms with Crippen LogP contribution < -0.4 is 5.32 Å². The lowest BCUT2D eigenvalue weighted by molar-refractivity contribution is -0.120. The van der Waals surface area contributed by atoms with E-state index in [1.165, 1.54) is 21.1 Å². The van der Waals surface area contributed by atoms with Crippen LogP contribution in [-0.4, -0.2) is 57.0 Å². The van der Waals surface area contributed by atoms with E-state index in [1.807, 2.05) is 0 Å². The molecule has 5 atom stereocenters. The molecule has 1 aliphatic carbocycles.